The average molecular weight is 259 g/mol. The molecule has 4 nitrogen and oxygen atoms in total. The molecule has 0 radical (unpaired) electrons. The summed E-state index contributed by atoms with van der Waals surface area (Å²) >= 11 is 0. The predicted molar refractivity (Wildman–Crippen MR) is 72.9 cm³/mol. The minimum atomic E-state index is 0.238. The van der Waals surface area contributed by atoms with Crippen molar-refractivity contribution in [2.24, 2.45) is 5.41 Å². The predicted octanol–water partition coefficient (Wildman–Crippen LogP) is 1.79. The average Bonchev–Trinajstić information content (AvgIpc) is 2.36. The quantitative estimate of drug-likeness (QED) is 0.753. The molecule has 2 heterocycles. The fourth-order valence-electron chi connectivity index (χ4n) is 2.19. The maximum absolute atomic E-state index is 5.75. The van der Waals surface area contributed by atoms with E-state index in [9.17, 15) is 0 Å². The molecule has 0 amide bonds. The Kier molecular flexibility index (Phi) is 7.15. The molecule has 2 rings (SSSR count). The van der Waals surface area contributed by atoms with E-state index in [1.807, 2.05) is 13.8 Å². The standard InChI is InChI=1S/C12H23NO3.C2H6/c1-11(2)16-10-12(8-15-9-12)7-13-3-5-14-6-4-13;1-2/h11H,3-10H2,1-2H3;1-2H3. The molecule has 0 aromatic rings. The summed E-state index contributed by atoms with van der Waals surface area (Å²) in [5.41, 5.74) is 0.238. The molecule has 18 heavy (non-hydrogen) atoms. The molecule has 0 unspecified atom stereocenters. The molecule has 2 aliphatic heterocycles. The highest BCUT2D eigenvalue weighted by atomic mass is 16.5. The lowest BCUT2D eigenvalue weighted by Crippen LogP contribution is -2.55. The van der Waals surface area contributed by atoms with Crippen LogP contribution >= 0.6 is 0 Å². The van der Waals surface area contributed by atoms with Crippen LogP contribution in [0, 0.1) is 5.41 Å². The lowest BCUT2D eigenvalue weighted by atomic mass is 9.86. The van der Waals surface area contributed by atoms with E-state index in [-0.39, 0.29) is 5.41 Å². The second-order valence-corrected chi connectivity index (χ2v) is 5.24. The minimum Gasteiger partial charge on any atom is -0.380 e. The first kappa shape index (κ1) is 15.9. The van der Waals surface area contributed by atoms with E-state index in [4.69, 9.17) is 14.2 Å². The van der Waals surface area contributed by atoms with Gasteiger partial charge in [-0.2, -0.15) is 0 Å². The van der Waals surface area contributed by atoms with Gasteiger partial charge in [0.2, 0.25) is 0 Å². The Balaban J connectivity index is 0.000000771. The molecule has 2 aliphatic rings. The second kappa shape index (κ2) is 8.10. The molecule has 0 aliphatic carbocycles. The van der Waals surface area contributed by atoms with Crippen LogP contribution in [0.25, 0.3) is 0 Å². The van der Waals surface area contributed by atoms with E-state index in [1.165, 1.54) is 0 Å². The van der Waals surface area contributed by atoms with Gasteiger partial charge in [0.15, 0.2) is 0 Å². The maximum Gasteiger partial charge on any atom is 0.0594 e. The topological polar surface area (TPSA) is 30.9 Å². The Morgan fingerprint density at radius 3 is 2.17 bits per heavy atom. The maximum atomic E-state index is 5.75. The molecule has 0 bridgehead atoms. The molecule has 108 valence electrons. The Hall–Kier alpha value is -0.160. The smallest absolute Gasteiger partial charge is 0.0594 e. The second-order valence-electron chi connectivity index (χ2n) is 5.24. The Morgan fingerprint density at radius 2 is 1.72 bits per heavy atom. The number of rotatable bonds is 5. The number of nitrogens with zero attached hydrogens (tertiary/aromatic N) is 1. The summed E-state index contributed by atoms with van der Waals surface area (Å²) in [6, 6.07) is 0. The summed E-state index contributed by atoms with van der Waals surface area (Å²) < 4.78 is 16.5. The normalized spacial score (nSPS) is 23.2. The van der Waals surface area contributed by atoms with Gasteiger partial charge in [-0.1, -0.05) is 13.8 Å². The first-order valence-electron chi connectivity index (χ1n) is 7.20. The number of morpholine rings is 1. The van der Waals surface area contributed by atoms with E-state index in [2.05, 4.69) is 18.7 Å². The van der Waals surface area contributed by atoms with Crippen LogP contribution in [0.1, 0.15) is 27.7 Å². The van der Waals surface area contributed by atoms with E-state index >= 15 is 0 Å². The van der Waals surface area contributed by atoms with Crippen LogP contribution in [0.4, 0.5) is 0 Å². The van der Waals surface area contributed by atoms with Crippen molar-refractivity contribution in [2.45, 2.75) is 33.8 Å². The zero-order chi connectivity index (χ0) is 13.4. The summed E-state index contributed by atoms with van der Waals surface area (Å²) in [7, 11) is 0. The van der Waals surface area contributed by atoms with E-state index < -0.39 is 0 Å². The Labute approximate surface area is 112 Å². The van der Waals surface area contributed by atoms with Crippen LogP contribution < -0.4 is 0 Å². The summed E-state index contributed by atoms with van der Waals surface area (Å²) in [6.07, 6.45) is 0.308. The van der Waals surface area contributed by atoms with Crippen molar-refractivity contribution in [1.82, 2.24) is 4.90 Å². The summed E-state index contributed by atoms with van der Waals surface area (Å²) in [5.74, 6) is 0. The van der Waals surface area contributed by atoms with Crippen molar-refractivity contribution >= 4 is 0 Å². The lowest BCUT2D eigenvalue weighted by molar-refractivity contribution is -0.169. The third kappa shape index (κ3) is 4.84. The van der Waals surface area contributed by atoms with E-state index in [0.717, 1.165) is 52.7 Å². The van der Waals surface area contributed by atoms with Gasteiger partial charge in [-0.25, -0.2) is 0 Å². The van der Waals surface area contributed by atoms with Crippen molar-refractivity contribution in [3.05, 3.63) is 0 Å². The number of ether oxygens (including phenoxy) is 3. The molecule has 2 saturated heterocycles. The van der Waals surface area contributed by atoms with Gasteiger partial charge in [-0.3, -0.25) is 4.90 Å². The molecule has 0 atom stereocenters. The Bertz CT molecular complexity index is 211. The molecular weight excluding hydrogens is 230 g/mol. The molecule has 0 spiro atoms. The monoisotopic (exact) mass is 259 g/mol. The highest BCUT2D eigenvalue weighted by Gasteiger charge is 2.40. The van der Waals surface area contributed by atoms with Crippen molar-refractivity contribution in [3.8, 4) is 0 Å². The van der Waals surface area contributed by atoms with Crippen LogP contribution in [-0.2, 0) is 14.2 Å². The summed E-state index contributed by atoms with van der Waals surface area (Å²) in [5, 5.41) is 0. The van der Waals surface area contributed by atoms with Crippen LogP contribution in [0.3, 0.4) is 0 Å². The van der Waals surface area contributed by atoms with Gasteiger partial charge in [0.25, 0.3) is 0 Å². The first-order chi connectivity index (χ1) is 8.70. The zero-order valence-electron chi connectivity index (χ0n) is 12.4. The molecule has 2 fully saturated rings. The van der Waals surface area contributed by atoms with Gasteiger partial charge in [0.05, 0.1) is 44.6 Å². The largest absolute Gasteiger partial charge is 0.380 e. The number of hydrogen-bond acceptors (Lipinski definition) is 4. The summed E-state index contributed by atoms with van der Waals surface area (Å²) in [6.45, 7) is 15.6. The van der Waals surface area contributed by atoms with Crippen LogP contribution in [0.5, 0.6) is 0 Å². The minimum absolute atomic E-state index is 0.238. The van der Waals surface area contributed by atoms with Gasteiger partial charge in [-0.05, 0) is 13.8 Å². The third-order valence-corrected chi connectivity index (χ3v) is 3.20. The van der Waals surface area contributed by atoms with Crippen molar-refractivity contribution in [2.75, 3.05) is 52.7 Å². The molecule has 0 N–H and O–H groups in total. The van der Waals surface area contributed by atoms with Gasteiger partial charge in [-0.15, -0.1) is 0 Å². The van der Waals surface area contributed by atoms with Gasteiger partial charge >= 0.3 is 0 Å². The number of hydrogen-bond donors (Lipinski definition) is 0. The summed E-state index contributed by atoms with van der Waals surface area (Å²) in [4.78, 5) is 2.47. The fourth-order valence-corrected chi connectivity index (χ4v) is 2.19. The van der Waals surface area contributed by atoms with Crippen molar-refractivity contribution in [1.29, 1.82) is 0 Å². The first-order valence-corrected chi connectivity index (χ1v) is 7.20. The fraction of sp³-hybridized carbons (Fsp3) is 1.00. The van der Waals surface area contributed by atoms with Crippen molar-refractivity contribution < 1.29 is 14.2 Å². The Morgan fingerprint density at radius 1 is 1.11 bits per heavy atom. The van der Waals surface area contributed by atoms with Gasteiger partial charge < -0.3 is 14.2 Å². The zero-order valence-corrected chi connectivity index (χ0v) is 12.4. The van der Waals surface area contributed by atoms with Crippen LogP contribution in [0.2, 0.25) is 0 Å². The van der Waals surface area contributed by atoms with Crippen LogP contribution in [0.15, 0.2) is 0 Å². The molecular formula is C14H29NO3. The van der Waals surface area contributed by atoms with E-state index in [0.29, 0.717) is 6.10 Å². The van der Waals surface area contributed by atoms with Gasteiger partial charge in [0, 0.05) is 19.6 Å². The molecule has 0 aromatic heterocycles. The van der Waals surface area contributed by atoms with Gasteiger partial charge in [0.1, 0.15) is 0 Å². The highest BCUT2D eigenvalue weighted by Crippen LogP contribution is 2.29. The van der Waals surface area contributed by atoms with Crippen LogP contribution in [-0.4, -0.2) is 63.7 Å². The lowest BCUT2D eigenvalue weighted by Gasteiger charge is -2.45. The SMILES string of the molecule is CC.CC(C)OCC1(CN2CCOCC2)COC1. The van der Waals surface area contributed by atoms with E-state index in [1.54, 1.807) is 0 Å². The molecule has 0 aromatic carbocycles. The third-order valence-electron chi connectivity index (χ3n) is 3.20. The highest BCUT2D eigenvalue weighted by molar-refractivity contribution is 4.89. The molecule has 0 saturated carbocycles. The molecule has 4 heteroatoms. The van der Waals surface area contributed by atoms with Crippen molar-refractivity contribution in [3.63, 3.8) is 0 Å².